The van der Waals surface area contributed by atoms with Crippen molar-refractivity contribution in [3.8, 4) is 0 Å². The Morgan fingerprint density at radius 1 is 1.38 bits per heavy atom. The second-order valence-electron chi connectivity index (χ2n) is 3.28. The molecule has 0 aliphatic rings. The molecule has 0 unspecified atom stereocenters. The fraction of sp³-hybridized carbons (Fsp3) is 1.00. The van der Waals surface area contributed by atoms with Crippen LogP contribution >= 0.6 is 11.6 Å². The molecule has 0 spiro atoms. The summed E-state index contributed by atoms with van der Waals surface area (Å²) in [5.41, 5.74) is 0. The summed E-state index contributed by atoms with van der Waals surface area (Å²) >= 11 is 5.47. The summed E-state index contributed by atoms with van der Waals surface area (Å²) in [5.74, 6) is 0.753. The summed E-state index contributed by atoms with van der Waals surface area (Å²) in [6.45, 7) is 1.04. The molecular formula is C6H16ClNO4S. The van der Waals surface area contributed by atoms with Gasteiger partial charge in [0.25, 0.3) is 0 Å². The quantitative estimate of drug-likeness (QED) is 0.299. The number of hydrogen-bond donors (Lipinski definition) is 0. The number of halogens is 1. The van der Waals surface area contributed by atoms with Crippen molar-refractivity contribution in [3.05, 3.63) is 0 Å². The molecule has 0 aliphatic carbocycles. The highest BCUT2D eigenvalue weighted by Gasteiger charge is 2.02. The second kappa shape index (κ2) is 6.56. The molecular weight excluding hydrogens is 218 g/mol. The van der Waals surface area contributed by atoms with E-state index in [0.717, 1.165) is 24.0 Å². The normalized spacial score (nSPS) is 11.8. The Morgan fingerprint density at radius 3 is 1.69 bits per heavy atom. The zero-order chi connectivity index (χ0) is 11.1. The van der Waals surface area contributed by atoms with Gasteiger partial charge in [-0.15, -0.1) is 11.6 Å². The van der Waals surface area contributed by atoms with Crippen molar-refractivity contribution < 1.29 is 21.6 Å². The third kappa shape index (κ3) is 24.5. The van der Waals surface area contributed by atoms with Crippen molar-refractivity contribution in [2.75, 3.05) is 40.7 Å². The van der Waals surface area contributed by atoms with E-state index in [0.29, 0.717) is 0 Å². The lowest BCUT2D eigenvalue weighted by atomic mass is 10.6. The highest BCUT2D eigenvalue weighted by atomic mass is 35.5. The molecule has 0 aromatic rings. The van der Waals surface area contributed by atoms with E-state index in [4.69, 9.17) is 11.6 Å². The van der Waals surface area contributed by atoms with Crippen LogP contribution in [0.1, 0.15) is 0 Å². The molecule has 5 nitrogen and oxygen atoms in total. The first-order chi connectivity index (χ1) is 5.62. The lowest BCUT2D eigenvalue weighted by molar-refractivity contribution is -0.867. The summed E-state index contributed by atoms with van der Waals surface area (Å²) in [7, 11) is 2.78. The van der Waals surface area contributed by atoms with Gasteiger partial charge in [-0.25, -0.2) is 8.42 Å². The van der Waals surface area contributed by atoms with Crippen molar-refractivity contribution in [3.63, 3.8) is 0 Å². The molecule has 13 heavy (non-hydrogen) atoms. The third-order valence-corrected chi connectivity index (χ3v) is 1.54. The summed E-state index contributed by atoms with van der Waals surface area (Å²) < 4.78 is 32.0. The molecule has 0 heterocycles. The van der Waals surface area contributed by atoms with E-state index in [1.807, 2.05) is 0 Å². The molecule has 0 aliphatic heterocycles. The summed E-state index contributed by atoms with van der Waals surface area (Å²) in [4.78, 5) is 0. The first-order valence-electron chi connectivity index (χ1n) is 3.50. The van der Waals surface area contributed by atoms with Gasteiger partial charge in [0.15, 0.2) is 0 Å². The standard InChI is InChI=1S/C5H13ClN.CH4O4S/c1-7(2,3)5-4-6;1-5-6(2,3)4/h4-5H2,1-3H3;1H3,(H,2,3,4)/q+1;/p-1. The van der Waals surface area contributed by atoms with Gasteiger partial charge in [-0.3, -0.25) is 4.18 Å². The summed E-state index contributed by atoms with van der Waals surface area (Å²) in [6, 6.07) is 0. The fourth-order valence-corrected chi connectivity index (χ4v) is 0.761. The monoisotopic (exact) mass is 233 g/mol. The van der Waals surface area contributed by atoms with Gasteiger partial charge in [0, 0.05) is 0 Å². The van der Waals surface area contributed by atoms with Gasteiger partial charge in [0.1, 0.15) is 0 Å². The minimum absolute atomic E-state index is 0.753. The van der Waals surface area contributed by atoms with E-state index in [-0.39, 0.29) is 0 Å². The SMILES string of the molecule is COS(=O)(=O)[O-].C[N+](C)(C)CCCl. The molecule has 0 N–H and O–H groups in total. The number of hydrogen-bond acceptors (Lipinski definition) is 4. The highest BCUT2D eigenvalue weighted by molar-refractivity contribution is 7.80. The predicted molar refractivity (Wildman–Crippen MR) is 50.3 cm³/mol. The van der Waals surface area contributed by atoms with Gasteiger partial charge in [-0.05, 0) is 0 Å². The molecule has 0 aromatic carbocycles. The maximum atomic E-state index is 9.22. The molecule has 0 aromatic heterocycles. The highest BCUT2D eigenvalue weighted by Crippen LogP contribution is 1.88. The van der Waals surface area contributed by atoms with Crippen molar-refractivity contribution in [1.29, 1.82) is 0 Å². The summed E-state index contributed by atoms with van der Waals surface area (Å²) in [6.07, 6.45) is 0. The zero-order valence-corrected chi connectivity index (χ0v) is 9.85. The Morgan fingerprint density at radius 2 is 1.69 bits per heavy atom. The first-order valence-corrected chi connectivity index (χ1v) is 5.37. The van der Waals surface area contributed by atoms with E-state index >= 15 is 0 Å². The minimum Gasteiger partial charge on any atom is -0.726 e. The Hall–Kier alpha value is 0.120. The van der Waals surface area contributed by atoms with Crippen molar-refractivity contribution >= 4 is 22.0 Å². The molecule has 0 bridgehead atoms. The Labute approximate surface area is 84.8 Å². The van der Waals surface area contributed by atoms with E-state index in [1.54, 1.807) is 0 Å². The molecule has 0 radical (unpaired) electrons. The second-order valence-corrected chi connectivity index (χ2v) is 4.81. The van der Waals surface area contributed by atoms with Crippen molar-refractivity contribution in [1.82, 2.24) is 0 Å². The first kappa shape index (κ1) is 15.6. The maximum absolute atomic E-state index is 9.22. The van der Waals surface area contributed by atoms with Gasteiger partial charge >= 0.3 is 0 Å². The minimum atomic E-state index is -4.41. The Bertz CT molecular complexity index is 209. The molecule has 0 fully saturated rings. The van der Waals surface area contributed by atoms with E-state index < -0.39 is 10.4 Å². The lowest BCUT2D eigenvalue weighted by Gasteiger charge is -2.21. The van der Waals surface area contributed by atoms with Crippen molar-refractivity contribution in [2.45, 2.75) is 0 Å². The van der Waals surface area contributed by atoms with E-state index in [2.05, 4.69) is 25.3 Å². The number of alkyl halides is 1. The molecule has 0 saturated carbocycles. The van der Waals surface area contributed by atoms with Crippen molar-refractivity contribution in [2.24, 2.45) is 0 Å². The van der Waals surface area contributed by atoms with Crippen LogP contribution in [0.4, 0.5) is 0 Å². The number of quaternary nitrogens is 1. The Kier molecular flexibility index (Phi) is 7.86. The maximum Gasteiger partial charge on any atom is 0.217 e. The van der Waals surface area contributed by atoms with Crippen LogP contribution in [0.3, 0.4) is 0 Å². The van der Waals surface area contributed by atoms with Crippen LogP contribution in [0.25, 0.3) is 0 Å². The predicted octanol–water partition coefficient (Wildman–Crippen LogP) is 0.0244. The van der Waals surface area contributed by atoms with Crippen LogP contribution in [0.5, 0.6) is 0 Å². The zero-order valence-electron chi connectivity index (χ0n) is 8.28. The molecule has 0 rings (SSSR count). The molecule has 0 amide bonds. The van der Waals surface area contributed by atoms with Crippen LogP contribution in [-0.4, -0.2) is 58.1 Å². The van der Waals surface area contributed by atoms with Crippen LogP contribution in [0.15, 0.2) is 0 Å². The van der Waals surface area contributed by atoms with Gasteiger partial charge in [-0.1, -0.05) is 0 Å². The van der Waals surface area contributed by atoms with Gasteiger partial charge in [0.2, 0.25) is 10.4 Å². The molecule has 7 heteroatoms. The van der Waals surface area contributed by atoms with Crippen LogP contribution in [0.2, 0.25) is 0 Å². The molecule has 0 saturated heterocycles. The topological polar surface area (TPSA) is 66.4 Å². The van der Waals surface area contributed by atoms with E-state index in [1.165, 1.54) is 0 Å². The molecule has 0 atom stereocenters. The van der Waals surface area contributed by atoms with Gasteiger partial charge in [0.05, 0.1) is 40.7 Å². The van der Waals surface area contributed by atoms with Crippen LogP contribution in [0, 0.1) is 0 Å². The average Bonchev–Trinajstić information content (AvgIpc) is 1.84. The summed E-state index contributed by atoms with van der Waals surface area (Å²) in [5, 5.41) is 0. The van der Waals surface area contributed by atoms with Crippen LogP contribution in [-0.2, 0) is 14.6 Å². The third-order valence-electron chi connectivity index (χ3n) is 0.959. The number of rotatable bonds is 3. The molecule has 82 valence electrons. The smallest absolute Gasteiger partial charge is 0.217 e. The lowest BCUT2D eigenvalue weighted by Crippen LogP contribution is -2.35. The average molecular weight is 234 g/mol. The largest absolute Gasteiger partial charge is 0.726 e. The van der Waals surface area contributed by atoms with E-state index in [9.17, 15) is 13.0 Å². The van der Waals surface area contributed by atoms with Gasteiger partial charge in [-0.2, -0.15) is 0 Å². The van der Waals surface area contributed by atoms with Crippen LogP contribution < -0.4 is 0 Å². The fourth-order valence-electron chi connectivity index (χ4n) is 0.254. The van der Waals surface area contributed by atoms with Gasteiger partial charge < -0.3 is 9.04 Å². The Balaban J connectivity index is 0. The number of nitrogens with zero attached hydrogens (tertiary/aromatic N) is 1.